The number of hydrogen-bond acceptors (Lipinski definition) is 3. The number of benzene rings is 1. The van der Waals surface area contributed by atoms with Gasteiger partial charge in [0, 0.05) is 18.5 Å². The first kappa shape index (κ1) is 15.4. The summed E-state index contributed by atoms with van der Waals surface area (Å²) in [7, 11) is 0. The molecule has 0 atom stereocenters. The molecular formula is C16H13FN2O3. The summed E-state index contributed by atoms with van der Waals surface area (Å²) in [5.74, 6) is -2.50. The Hall–Kier alpha value is -3.02. The number of amides is 1. The topological polar surface area (TPSA) is 79.3 Å². The number of nitrogens with zero attached hydrogens (tertiary/aromatic N) is 1. The Bertz CT molecular complexity index is 742. The van der Waals surface area contributed by atoms with Gasteiger partial charge in [-0.05, 0) is 42.3 Å². The Morgan fingerprint density at radius 3 is 2.73 bits per heavy atom. The first-order chi connectivity index (χ1) is 10.5. The number of hydrogen-bond donors (Lipinski definition) is 2. The first-order valence-corrected chi connectivity index (χ1v) is 6.40. The number of allylic oxidation sites excluding steroid dienone is 1. The summed E-state index contributed by atoms with van der Waals surface area (Å²) < 4.78 is 13.1. The highest BCUT2D eigenvalue weighted by Crippen LogP contribution is 2.18. The SMILES string of the molecule is CC(=CC(=O)Nc1ccc(F)cc1C(=O)O)c1cccnc1. The molecule has 0 radical (unpaired) electrons. The van der Waals surface area contributed by atoms with E-state index in [1.807, 2.05) is 0 Å². The zero-order valence-corrected chi connectivity index (χ0v) is 11.7. The predicted octanol–water partition coefficient (Wildman–Crippen LogP) is 2.96. The lowest BCUT2D eigenvalue weighted by Gasteiger charge is -2.07. The van der Waals surface area contributed by atoms with Crippen LogP contribution in [-0.2, 0) is 4.79 Å². The Morgan fingerprint density at radius 2 is 2.09 bits per heavy atom. The number of carbonyl (C=O) groups is 2. The van der Waals surface area contributed by atoms with Crippen LogP contribution in [0.5, 0.6) is 0 Å². The minimum Gasteiger partial charge on any atom is -0.478 e. The molecule has 1 aromatic heterocycles. The second kappa shape index (κ2) is 6.62. The van der Waals surface area contributed by atoms with Crippen LogP contribution in [0.3, 0.4) is 0 Å². The zero-order valence-electron chi connectivity index (χ0n) is 11.7. The summed E-state index contributed by atoms with van der Waals surface area (Å²) in [6.45, 7) is 1.74. The molecule has 0 saturated carbocycles. The van der Waals surface area contributed by atoms with E-state index in [0.29, 0.717) is 5.57 Å². The molecule has 1 heterocycles. The quantitative estimate of drug-likeness (QED) is 0.851. The summed E-state index contributed by atoms with van der Waals surface area (Å²) in [6, 6.07) is 6.69. The van der Waals surface area contributed by atoms with E-state index in [9.17, 15) is 14.0 Å². The minimum absolute atomic E-state index is 0.0362. The first-order valence-electron chi connectivity index (χ1n) is 6.40. The van der Waals surface area contributed by atoms with E-state index in [4.69, 9.17) is 5.11 Å². The zero-order chi connectivity index (χ0) is 16.1. The summed E-state index contributed by atoms with van der Waals surface area (Å²) in [6.07, 6.45) is 4.56. The normalized spacial score (nSPS) is 11.1. The molecule has 0 saturated heterocycles. The number of halogens is 1. The number of aromatic nitrogens is 1. The van der Waals surface area contributed by atoms with E-state index >= 15 is 0 Å². The fraction of sp³-hybridized carbons (Fsp3) is 0.0625. The Labute approximate surface area is 126 Å². The van der Waals surface area contributed by atoms with Crippen molar-refractivity contribution in [3.05, 3.63) is 65.7 Å². The maximum Gasteiger partial charge on any atom is 0.337 e. The molecular weight excluding hydrogens is 287 g/mol. The van der Waals surface area contributed by atoms with E-state index in [-0.39, 0.29) is 11.3 Å². The van der Waals surface area contributed by atoms with Gasteiger partial charge in [0.25, 0.3) is 0 Å². The van der Waals surface area contributed by atoms with Crippen molar-refractivity contribution in [2.45, 2.75) is 6.92 Å². The fourth-order valence-electron chi connectivity index (χ4n) is 1.85. The lowest BCUT2D eigenvalue weighted by atomic mass is 10.1. The number of pyridine rings is 1. The van der Waals surface area contributed by atoms with Gasteiger partial charge in [0.2, 0.25) is 5.91 Å². The van der Waals surface area contributed by atoms with Crippen molar-refractivity contribution in [2.24, 2.45) is 0 Å². The average molecular weight is 300 g/mol. The lowest BCUT2D eigenvalue weighted by molar-refractivity contribution is -0.111. The molecule has 0 aliphatic carbocycles. The monoisotopic (exact) mass is 300 g/mol. The van der Waals surface area contributed by atoms with E-state index in [2.05, 4.69) is 10.3 Å². The molecule has 0 unspecified atom stereocenters. The standard InChI is InChI=1S/C16H13FN2O3/c1-10(11-3-2-6-18-9-11)7-15(20)19-14-5-4-12(17)8-13(14)16(21)22/h2-9H,1H3,(H,19,20)(H,21,22). The van der Waals surface area contributed by atoms with E-state index < -0.39 is 17.7 Å². The number of carbonyl (C=O) groups excluding carboxylic acids is 1. The van der Waals surface area contributed by atoms with Gasteiger partial charge < -0.3 is 10.4 Å². The fourth-order valence-corrected chi connectivity index (χ4v) is 1.85. The molecule has 112 valence electrons. The van der Waals surface area contributed by atoms with Gasteiger partial charge in [0.15, 0.2) is 0 Å². The smallest absolute Gasteiger partial charge is 0.337 e. The van der Waals surface area contributed by atoms with Crippen molar-refractivity contribution in [1.82, 2.24) is 4.98 Å². The van der Waals surface area contributed by atoms with Crippen molar-refractivity contribution < 1.29 is 19.1 Å². The maximum absolute atomic E-state index is 13.1. The molecule has 2 N–H and O–H groups in total. The van der Waals surface area contributed by atoms with Crippen LogP contribution < -0.4 is 5.32 Å². The molecule has 0 bridgehead atoms. The maximum atomic E-state index is 13.1. The van der Waals surface area contributed by atoms with Gasteiger partial charge in [-0.25, -0.2) is 9.18 Å². The van der Waals surface area contributed by atoms with Crippen LogP contribution in [0.25, 0.3) is 5.57 Å². The molecule has 0 spiro atoms. The van der Waals surface area contributed by atoms with E-state index in [1.165, 1.54) is 12.1 Å². The molecule has 1 amide bonds. The molecule has 22 heavy (non-hydrogen) atoms. The van der Waals surface area contributed by atoms with Crippen LogP contribution in [0, 0.1) is 5.82 Å². The highest BCUT2D eigenvalue weighted by molar-refractivity contribution is 6.07. The largest absolute Gasteiger partial charge is 0.478 e. The van der Waals surface area contributed by atoms with Gasteiger partial charge in [-0.1, -0.05) is 6.07 Å². The number of rotatable bonds is 4. The number of carboxylic acids is 1. The summed E-state index contributed by atoms with van der Waals surface area (Å²) in [5, 5.41) is 11.5. The van der Waals surface area contributed by atoms with Gasteiger partial charge in [-0.3, -0.25) is 9.78 Å². The third-order valence-corrected chi connectivity index (χ3v) is 2.93. The van der Waals surface area contributed by atoms with Crippen LogP contribution in [0.15, 0.2) is 48.8 Å². The third kappa shape index (κ3) is 3.76. The molecule has 2 rings (SSSR count). The van der Waals surface area contributed by atoms with Crippen molar-refractivity contribution in [2.75, 3.05) is 5.32 Å². The van der Waals surface area contributed by atoms with Gasteiger partial charge in [0.1, 0.15) is 5.82 Å². The van der Waals surface area contributed by atoms with Gasteiger partial charge in [0.05, 0.1) is 11.3 Å². The Kier molecular flexibility index (Phi) is 4.63. The number of nitrogens with one attached hydrogen (secondary N) is 1. The highest BCUT2D eigenvalue weighted by Gasteiger charge is 2.13. The van der Waals surface area contributed by atoms with Crippen molar-refractivity contribution in [3.8, 4) is 0 Å². The average Bonchev–Trinajstić information content (AvgIpc) is 2.49. The lowest BCUT2D eigenvalue weighted by Crippen LogP contribution is -2.12. The van der Waals surface area contributed by atoms with Gasteiger partial charge >= 0.3 is 5.97 Å². The van der Waals surface area contributed by atoms with Crippen LogP contribution in [0.1, 0.15) is 22.8 Å². The van der Waals surface area contributed by atoms with Crippen LogP contribution >= 0.6 is 0 Å². The molecule has 6 heteroatoms. The Balaban J connectivity index is 2.21. The summed E-state index contributed by atoms with van der Waals surface area (Å²) in [4.78, 5) is 27.0. The van der Waals surface area contributed by atoms with Gasteiger partial charge in [-0.15, -0.1) is 0 Å². The summed E-state index contributed by atoms with van der Waals surface area (Å²) >= 11 is 0. The molecule has 0 aliphatic rings. The highest BCUT2D eigenvalue weighted by atomic mass is 19.1. The van der Waals surface area contributed by atoms with E-state index in [1.54, 1.807) is 31.5 Å². The van der Waals surface area contributed by atoms with Crippen LogP contribution in [0.4, 0.5) is 10.1 Å². The van der Waals surface area contributed by atoms with Crippen LogP contribution in [-0.4, -0.2) is 22.0 Å². The molecule has 1 aromatic carbocycles. The number of aromatic carboxylic acids is 1. The number of anilines is 1. The second-order valence-electron chi connectivity index (χ2n) is 4.55. The second-order valence-corrected chi connectivity index (χ2v) is 4.55. The van der Waals surface area contributed by atoms with Crippen molar-refractivity contribution >= 4 is 23.1 Å². The minimum atomic E-state index is -1.32. The van der Waals surface area contributed by atoms with E-state index in [0.717, 1.165) is 17.7 Å². The molecule has 0 aliphatic heterocycles. The molecule has 0 fully saturated rings. The van der Waals surface area contributed by atoms with Crippen LogP contribution in [0.2, 0.25) is 0 Å². The molecule has 2 aromatic rings. The van der Waals surface area contributed by atoms with Gasteiger partial charge in [-0.2, -0.15) is 0 Å². The Morgan fingerprint density at radius 1 is 1.32 bits per heavy atom. The molecule has 5 nitrogen and oxygen atoms in total. The number of carboxylic acid groups (broad SMARTS) is 1. The predicted molar refractivity (Wildman–Crippen MR) is 79.9 cm³/mol. The van der Waals surface area contributed by atoms with Crippen molar-refractivity contribution in [1.29, 1.82) is 0 Å². The van der Waals surface area contributed by atoms with Crippen molar-refractivity contribution in [3.63, 3.8) is 0 Å². The summed E-state index contributed by atoms with van der Waals surface area (Å²) in [5.41, 5.74) is 1.18. The third-order valence-electron chi connectivity index (χ3n) is 2.93.